The molecular formula is C20H16O. The van der Waals surface area contributed by atoms with Gasteiger partial charge < -0.3 is 4.74 Å². The average Bonchev–Trinajstić information content (AvgIpc) is 2.55. The summed E-state index contributed by atoms with van der Waals surface area (Å²) in [6, 6.07) is 21.2. The van der Waals surface area contributed by atoms with Crippen molar-refractivity contribution < 1.29 is 4.74 Å². The van der Waals surface area contributed by atoms with Crippen molar-refractivity contribution in [2.75, 3.05) is 0 Å². The quantitative estimate of drug-likeness (QED) is 0.597. The topological polar surface area (TPSA) is 9.23 Å². The Bertz CT molecular complexity index is 841. The van der Waals surface area contributed by atoms with E-state index in [2.05, 4.69) is 73.7 Å². The molecule has 0 fully saturated rings. The van der Waals surface area contributed by atoms with Crippen LogP contribution in [0.15, 0.2) is 66.7 Å². The van der Waals surface area contributed by atoms with Gasteiger partial charge in [0.25, 0.3) is 0 Å². The standard InChI is InChI=1S/C20H16O/c1-14-6-8-16(9-7-14)19-13-11-18-17-5-3-2-4-15(17)10-12-20(18)21-19/h2-10,12-13H,11H2,1H3. The molecule has 0 saturated carbocycles. The van der Waals surface area contributed by atoms with E-state index in [1.807, 2.05) is 0 Å². The molecule has 0 radical (unpaired) electrons. The fraction of sp³-hybridized carbons (Fsp3) is 0.100. The van der Waals surface area contributed by atoms with Crippen LogP contribution in [0, 0.1) is 6.92 Å². The minimum Gasteiger partial charge on any atom is -0.457 e. The summed E-state index contributed by atoms with van der Waals surface area (Å²) in [5.74, 6) is 1.93. The van der Waals surface area contributed by atoms with Gasteiger partial charge >= 0.3 is 0 Å². The Hall–Kier alpha value is -2.54. The number of allylic oxidation sites excluding steroid dienone is 1. The minimum absolute atomic E-state index is 0.917. The van der Waals surface area contributed by atoms with E-state index in [9.17, 15) is 0 Å². The Labute approximate surface area is 124 Å². The molecule has 0 N–H and O–H groups in total. The summed E-state index contributed by atoms with van der Waals surface area (Å²) < 4.78 is 6.13. The van der Waals surface area contributed by atoms with E-state index in [0.717, 1.165) is 23.5 Å². The zero-order valence-corrected chi connectivity index (χ0v) is 12.0. The van der Waals surface area contributed by atoms with Crippen LogP contribution < -0.4 is 4.74 Å². The first-order valence-electron chi connectivity index (χ1n) is 7.27. The van der Waals surface area contributed by atoms with E-state index >= 15 is 0 Å². The Morgan fingerprint density at radius 2 is 1.67 bits per heavy atom. The molecule has 1 heterocycles. The second-order valence-electron chi connectivity index (χ2n) is 5.50. The Balaban J connectivity index is 1.76. The number of fused-ring (bicyclic) bond motifs is 3. The van der Waals surface area contributed by atoms with Crippen molar-refractivity contribution in [3.8, 4) is 5.75 Å². The summed E-state index contributed by atoms with van der Waals surface area (Å²) in [5, 5.41) is 2.56. The van der Waals surface area contributed by atoms with E-state index < -0.39 is 0 Å². The van der Waals surface area contributed by atoms with Crippen LogP contribution in [0.2, 0.25) is 0 Å². The molecule has 0 amide bonds. The second kappa shape index (κ2) is 4.78. The van der Waals surface area contributed by atoms with Gasteiger partial charge in [-0.2, -0.15) is 0 Å². The molecule has 0 aromatic heterocycles. The molecule has 4 rings (SSSR count). The van der Waals surface area contributed by atoms with Crippen LogP contribution in [0.5, 0.6) is 5.75 Å². The predicted molar refractivity (Wildman–Crippen MR) is 87.4 cm³/mol. The van der Waals surface area contributed by atoms with Crippen LogP contribution in [0.25, 0.3) is 16.5 Å². The summed E-state index contributed by atoms with van der Waals surface area (Å²) in [5.41, 5.74) is 3.69. The number of hydrogen-bond donors (Lipinski definition) is 0. The van der Waals surface area contributed by atoms with E-state index in [0.29, 0.717) is 0 Å². The highest BCUT2D eigenvalue weighted by molar-refractivity contribution is 5.89. The van der Waals surface area contributed by atoms with Gasteiger partial charge in [-0.3, -0.25) is 0 Å². The largest absolute Gasteiger partial charge is 0.457 e. The smallest absolute Gasteiger partial charge is 0.131 e. The zero-order valence-electron chi connectivity index (χ0n) is 12.0. The van der Waals surface area contributed by atoms with Gasteiger partial charge in [-0.25, -0.2) is 0 Å². The SMILES string of the molecule is Cc1ccc(C2=CCc3c(ccc4ccccc34)O2)cc1. The molecule has 3 aromatic carbocycles. The number of ether oxygens (including phenoxy) is 1. The third-order valence-electron chi connectivity index (χ3n) is 4.05. The van der Waals surface area contributed by atoms with Gasteiger partial charge in [0.15, 0.2) is 0 Å². The second-order valence-corrected chi connectivity index (χ2v) is 5.50. The molecule has 0 bridgehead atoms. The summed E-state index contributed by atoms with van der Waals surface area (Å²) >= 11 is 0. The van der Waals surface area contributed by atoms with Crippen molar-refractivity contribution in [3.63, 3.8) is 0 Å². The normalized spacial score (nSPS) is 13.5. The van der Waals surface area contributed by atoms with Gasteiger partial charge in [0.1, 0.15) is 11.5 Å². The molecule has 0 spiro atoms. The van der Waals surface area contributed by atoms with Gasteiger partial charge in [0.2, 0.25) is 0 Å². The first kappa shape index (κ1) is 12.2. The Kier molecular flexibility index (Phi) is 2.78. The molecule has 1 heteroatoms. The predicted octanol–water partition coefficient (Wildman–Crippen LogP) is 5.12. The molecule has 1 nitrogen and oxygen atoms in total. The van der Waals surface area contributed by atoms with Crippen LogP contribution in [0.3, 0.4) is 0 Å². The maximum Gasteiger partial charge on any atom is 0.131 e. The minimum atomic E-state index is 0.917. The number of aryl methyl sites for hydroxylation is 1. The Morgan fingerprint density at radius 1 is 0.857 bits per heavy atom. The fourth-order valence-electron chi connectivity index (χ4n) is 2.87. The lowest BCUT2D eigenvalue weighted by atomic mass is 9.98. The molecular weight excluding hydrogens is 256 g/mol. The van der Waals surface area contributed by atoms with Gasteiger partial charge in [-0.1, -0.05) is 60.2 Å². The summed E-state index contributed by atoms with van der Waals surface area (Å²) in [6.07, 6.45) is 3.10. The van der Waals surface area contributed by atoms with E-state index in [1.165, 1.54) is 21.9 Å². The molecule has 0 atom stereocenters. The molecule has 1 aliphatic rings. The molecule has 0 saturated heterocycles. The third-order valence-corrected chi connectivity index (χ3v) is 4.05. The average molecular weight is 272 g/mol. The molecule has 3 aromatic rings. The van der Waals surface area contributed by atoms with Gasteiger partial charge in [0, 0.05) is 11.1 Å². The van der Waals surface area contributed by atoms with E-state index in [1.54, 1.807) is 0 Å². The first-order chi connectivity index (χ1) is 10.3. The van der Waals surface area contributed by atoms with Crippen LogP contribution in [0.4, 0.5) is 0 Å². The monoisotopic (exact) mass is 272 g/mol. The van der Waals surface area contributed by atoms with E-state index in [-0.39, 0.29) is 0 Å². The molecule has 102 valence electrons. The lowest BCUT2D eigenvalue weighted by Gasteiger charge is -2.20. The highest BCUT2D eigenvalue weighted by Crippen LogP contribution is 2.35. The van der Waals surface area contributed by atoms with Crippen LogP contribution in [-0.2, 0) is 6.42 Å². The van der Waals surface area contributed by atoms with Crippen molar-refractivity contribution >= 4 is 16.5 Å². The van der Waals surface area contributed by atoms with Gasteiger partial charge in [-0.15, -0.1) is 0 Å². The van der Waals surface area contributed by atoms with Crippen LogP contribution in [0.1, 0.15) is 16.7 Å². The van der Waals surface area contributed by atoms with Crippen molar-refractivity contribution in [1.29, 1.82) is 0 Å². The highest BCUT2D eigenvalue weighted by atomic mass is 16.5. The summed E-state index contributed by atoms with van der Waals surface area (Å²) in [6.45, 7) is 2.10. The molecule has 21 heavy (non-hydrogen) atoms. The fourth-order valence-corrected chi connectivity index (χ4v) is 2.87. The maximum atomic E-state index is 6.13. The molecule has 0 unspecified atom stereocenters. The van der Waals surface area contributed by atoms with Crippen molar-refractivity contribution in [3.05, 3.63) is 83.4 Å². The number of rotatable bonds is 1. The van der Waals surface area contributed by atoms with Gasteiger partial charge in [0.05, 0.1) is 0 Å². The number of benzene rings is 3. The van der Waals surface area contributed by atoms with Gasteiger partial charge in [-0.05, 0) is 36.3 Å². The molecule has 1 aliphatic heterocycles. The lowest BCUT2D eigenvalue weighted by molar-refractivity contribution is 0.500. The van der Waals surface area contributed by atoms with E-state index in [4.69, 9.17) is 4.74 Å². The molecule has 0 aliphatic carbocycles. The summed E-state index contributed by atoms with van der Waals surface area (Å²) in [7, 11) is 0. The van der Waals surface area contributed by atoms with Crippen molar-refractivity contribution in [2.45, 2.75) is 13.3 Å². The lowest BCUT2D eigenvalue weighted by Crippen LogP contribution is -2.04. The first-order valence-corrected chi connectivity index (χ1v) is 7.27. The van der Waals surface area contributed by atoms with Crippen LogP contribution >= 0.6 is 0 Å². The van der Waals surface area contributed by atoms with Crippen molar-refractivity contribution in [2.24, 2.45) is 0 Å². The van der Waals surface area contributed by atoms with Crippen molar-refractivity contribution in [1.82, 2.24) is 0 Å². The highest BCUT2D eigenvalue weighted by Gasteiger charge is 2.16. The zero-order chi connectivity index (χ0) is 14.2. The Morgan fingerprint density at radius 3 is 2.52 bits per heavy atom. The van der Waals surface area contributed by atoms with Crippen LogP contribution in [-0.4, -0.2) is 0 Å². The maximum absolute atomic E-state index is 6.13. The summed E-state index contributed by atoms with van der Waals surface area (Å²) in [4.78, 5) is 0. The number of hydrogen-bond acceptors (Lipinski definition) is 1. The third kappa shape index (κ3) is 2.11.